The van der Waals surface area contributed by atoms with E-state index in [0.717, 1.165) is 34.7 Å². The Hall–Kier alpha value is -2.29. The number of halogens is 1. The summed E-state index contributed by atoms with van der Waals surface area (Å²) in [6.45, 7) is 5.02. The number of hydrogen-bond donors (Lipinski definition) is 1. The van der Waals surface area contributed by atoms with E-state index in [1.54, 1.807) is 19.2 Å². The molecule has 0 bridgehead atoms. The molecule has 0 aliphatic carbocycles. The summed E-state index contributed by atoms with van der Waals surface area (Å²) in [6.07, 6.45) is 2.11. The van der Waals surface area contributed by atoms with Crippen LogP contribution in [0.1, 0.15) is 36.5 Å². The van der Waals surface area contributed by atoms with E-state index in [2.05, 4.69) is 31.3 Å². The van der Waals surface area contributed by atoms with Crippen molar-refractivity contribution in [3.63, 3.8) is 0 Å². The molecule has 2 nitrogen and oxygen atoms in total. The Morgan fingerprint density at radius 2 is 2.00 bits per heavy atom. The zero-order valence-corrected chi connectivity index (χ0v) is 13.1. The van der Waals surface area contributed by atoms with Gasteiger partial charge >= 0.3 is 0 Å². The zero-order valence-electron chi connectivity index (χ0n) is 13.1. The molecular weight excluding hydrogens is 277 g/mol. The highest BCUT2D eigenvalue weighted by atomic mass is 19.1. The maximum Gasteiger partial charge on any atom is 0.123 e. The molecule has 0 radical (unpaired) electrons. The molecule has 3 heteroatoms. The quantitative estimate of drug-likeness (QED) is 0.868. The fourth-order valence-corrected chi connectivity index (χ4v) is 2.85. The van der Waals surface area contributed by atoms with E-state index in [4.69, 9.17) is 4.74 Å². The van der Waals surface area contributed by atoms with Crippen LogP contribution in [-0.2, 0) is 0 Å². The Morgan fingerprint density at radius 3 is 2.73 bits per heavy atom. The minimum Gasteiger partial charge on any atom is -0.496 e. The van der Waals surface area contributed by atoms with Crippen LogP contribution in [0.2, 0.25) is 0 Å². The SMILES string of the molecule is COc1ccc(/C=C2/CNc3ccc(F)cc32)cc1C(C)C. The summed E-state index contributed by atoms with van der Waals surface area (Å²) in [6, 6.07) is 11.0. The minimum absolute atomic E-state index is 0.203. The molecule has 0 atom stereocenters. The van der Waals surface area contributed by atoms with E-state index in [-0.39, 0.29) is 5.82 Å². The van der Waals surface area contributed by atoms with Crippen molar-refractivity contribution in [2.75, 3.05) is 19.0 Å². The van der Waals surface area contributed by atoms with Crippen LogP contribution in [-0.4, -0.2) is 13.7 Å². The number of methoxy groups -OCH3 is 1. The fourth-order valence-electron chi connectivity index (χ4n) is 2.85. The third-order valence-corrected chi connectivity index (χ3v) is 4.01. The average Bonchev–Trinajstić information content (AvgIpc) is 2.89. The maximum atomic E-state index is 13.5. The van der Waals surface area contributed by atoms with Crippen LogP contribution in [0.25, 0.3) is 11.6 Å². The first-order valence-electron chi connectivity index (χ1n) is 7.51. The van der Waals surface area contributed by atoms with Crippen molar-refractivity contribution < 1.29 is 9.13 Å². The van der Waals surface area contributed by atoms with Crippen molar-refractivity contribution in [3.8, 4) is 5.75 Å². The van der Waals surface area contributed by atoms with Crippen molar-refractivity contribution in [1.82, 2.24) is 0 Å². The van der Waals surface area contributed by atoms with Gasteiger partial charge in [-0.05, 0) is 59.0 Å². The average molecular weight is 297 g/mol. The number of fused-ring (bicyclic) bond motifs is 1. The minimum atomic E-state index is -0.203. The normalized spacial score (nSPS) is 15.0. The van der Waals surface area contributed by atoms with Crippen LogP contribution in [0.5, 0.6) is 5.75 Å². The van der Waals surface area contributed by atoms with Gasteiger partial charge in [0.25, 0.3) is 0 Å². The van der Waals surface area contributed by atoms with Gasteiger partial charge in [-0.25, -0.2) is 4.39 Å². The van der Waals surface area contributed by atoms with Gasteiger partial charge in [-0.2, -0.15) is 0 Å². The molecule has 0 saturated heterocycles. The highest BCUT2D eigenvalue weighted by molar-refractivity contribution is 5.92. The first kappa shape index (κ1) is 14.6. The number of benzene rings is 2. The Morgan fingerprint density at radius 1 is 1.18 bits per heavy atom. The molecule has 1 aliphatic heterocycles. The van der Waals surface area contributed by atoms with Crippen molar-refractivity contribution in [2.24, 2.45) is 0 Å². The molecule has 1 heterocycles. The van der Waals surface area contributed by atoms with Crippen molar-refractivity contribution in [3.05, 3.63) is 58.9 Å². The summed E-state index contributed by atoms with van der Waals surface area (Å²) in [5.41, 5.74) is 5.34. The molecule has 0 amide bonds. The monoisotopic (exact) mass is 297 g/mol. The maximum absolute atomic E-state index is 13.5. The van der Waals surface area contributed by atoms with Gasteiger partial charge in [0, 0.05) is 17.8 Å². The second-order valence-corrected chi connectivity index (χ2v) is 5.87. The Labute approximate surface area is 130 Å². The van der Waals surface area contributed by atoms with Gasteiger partial charge < -0.3 is 10.1 Å². The summed E-state index contributed by atoms with van der Waals surface area (Å²) in [4.78, 5) is 0. The highest BCUT2D eigenvalue weighted by Crippen LogP contribution is 2.34. The summed E-state index contributed by atoms with van der Waals surface area (Å²) in [5, 5.41) is 3.30. The number of anilines is 1. The number of hydrogen-bond acceptors (Lipinski definition) is 2. The van der Waals surface area contributed by atoms with E-state index in [0.29, 0.717) is 5.92 Å². The van der Waals surface area contributed by atoms with Crippen molar-refractivity contribution in [2.45, 2.75) is 19.8 Å². The van der Waals surface area contributed by atoms with Gasteiger partial charge in [0.2, 0.25) is 0 Å². The summed E-state index contributed by atoms with van der Waals surface area (Å²) in [5.74, 6) is 1.10. The lowest BCUT2D eigenvalue weighted by Crippen LogP contribution is -1.95. The van der Waals surface area contributed by atoms with Crippen LogP contribution in [0, 0.1) is 5.82 Å². The van der Waals surface area contributed by atoms with Gasteiger partial charge in [0.1, 0.15) is 11.6 Å². The fraction of sp³-hybridized carbons (Fsp3) is 0.263. The second kappa shape index (κ2) is 5.84. The van der Waals surface area contributed by atoms with E-state index < -0.39 is 0 Å². The standard InChI is InChI=1S/C19H20FNO/c1-12(2)16-9-13(4-7-19(16)22-3)8-14-11-21-18-6-5-15(20)10-17(14)18/h4-10,12,21H,11H2,1-3H3/b14-8-. The van der Waals surface area contributed by atoms with E-state index in [1.165, 1.54) is 11.6 Å². The molecule has 22 heavy (non-hydrogen) atoms. The van der Waals surface area contributed by atoms with Gasteiger partial charge in [-0.1, -0.05) is 19.9 Å². The number of rotatable bonds is 3. The van der Waals surface area contributed by atoms with E-state index in [9.17, 15) is 4.39 Å². The molecule has 0 saturated carbocycles. The summed E-state index contributed by atoms with van der Waals surface area (Å²) < 4.78 is 18.9. The number of ether oxygens (including phenoxy) is 1. The molecule has 0 aromatic heterocycles. The second-order valence-electron chi connectivity index (χ2n) is 5.87. The van der Waals surface area contributed by atoms with Gasteiger partial charge in [-0.3, -0.25) is 0 Å². The first-order valence-corrected chi connectivity index (χ1v) is 7.51. The van der Waals surface area contributed by atoms with Gasteiger partial charge in [0.15, 0.2) is 0 Å². The van der Waals surface area contributed by atoms with Crippen LogP contribution < -0.4 is 10.1 Å². The molecule has 1 aliphatic rings. The van der Waals surface area contributed by atoms with Gasteiger partial charge in [0.05, 0.1) is 7.11 Å². The largest absolute Gasteiger partial charge is 0.496 e. The molecule has 114 valence electrons. The predicted molar refractivity (Wildman–Crippen MR) is 89.8 cm³/mol. The first-order chi connectivity index (χ1) is 10.6. The topological polar surface area (TPSA) is 21.3 Å². The molecule has 3 rings (SSSR count). The van der Waals surface area contributed by atoms with Crippen molar-refractivity contribution in [1.29, 1.82) is 0 Å². The van der Waals surface area contributed by atoms with Crippen molar-refractivity contribution >= 4 is 17.3 Å². The smallest absolute Gasteiger partial charge is 0.123 e. The van der Waals surface area contributed by atoms with Crippen LogP contribution in [0.15, 0.2) is 36.4 Å². The van der Waals surface area contributed by atoms with Crippen LogP contribution in [0.3, 0.4) is 0 Å². The Kier molecular flexibility index (Phi) is 3.88. The summed E-state index contributed by atoms with van der Waals surface area (Å²) >= 11 is 0. The highest BCUT2D eigenvalue weighted by Gasteiger charge is 2.16. The molecule has 0 spiro atoms. The Bertz CT molecular complexity index is 734. The van der Waals surface area contributed by atoms with Crippen LogP contribution >= 0.6 is 0 Å². The van der Waals surface area contributed by atoms with E-state index in [1.807, 2.05) is 12.1 Å². The zero-order chi connectivity index (χ0) is 15.7. The molecule has 0 fully saturated rings. The molecule has 0 unspecified atom stereocenters. The lowest BCUT2D eigenvalue weighted by molar-refractivity contribution is 0.407. The Balaban J connectivity index is 2.01. The number of nitrogens with one attached hydrogen (secondary N) is 1. The molecule has 2 aromatic carbocycles. The molecule has 2 aromatic rings. The van der Waals surface area contributed by atoms with Crippen LogP contribution in [0.4, 0.5) is 10.1 Å². The lowest BCUT2D eigenvalue weighted by Gasteiger charge is -2.12. The van der Waals surface area contributed by atoms with Gasteiger partial charge in [-0.15, -0.1) is 0 Å². The van der Waals surface area contributed by atoms with E-state index >= 15 is 0 Å². The third kappa shape index (κ3) is 2.71. The molecule has 1 N–H and O–H groups in total. The third-order valence-electron chi connectivity index (χ3n) is 4.01. The molecular formula is C19H20FNO. The predicted octanol–water partition coefficient (Wildman–Crippen LogP) is 4.92. The lowest BCUT2D eigenvalue weighted by atomic mass is 9.97. The summed E-state index contributed by atoms with van der Waals surface area (Å²) in [7, 11) is 1.69.